The Morgan fingerprint density at radius 2 is 1.86 bits per heavy atom. The zero-order valence-corrected chi connectivity index (χ0v) is 19.2. The highest BCUT2D eigenvalue weighted by atomic mass is 16.3. The number of likely N-dealkylation sites (tertiary alicyclic amines) is 1. The SMILES string of the molecule is O=C(c1cc(-c2nc3cc(-n4ccnc4)ccc3o2)ccn1)N1CCC(Cc2ccccc2)CC1. The molecule has 0 atom stereocenters. The van der Waals surface area contributed by atoms with Gasteiger partial charge in [-0.05, 0) is 61.1 Å². The summed E-state index contributed by atoms with van der Waals surface area (Å²) in [4.78, 5) is 28.2. The predicted octanol–water partition coefficient (Wildman–Crippen LogP) is 5.17. The molecular formula is C28H25N5O2. The van der Waals surface area contributed by atoms with Gasteiger partial charge in [-0.1, -0.05) is 30.3 Å². The molecule has 4 heterocycles. The summed E-state index contributed by atoms with van der Waals surface area (Å²) in [6, 6.07) is 20.0. The summed E-state index contributed by atoms with van der Waals surface area (Å²) in [7, 11) is 0. The van der Waals surface area contributed by atoms with E-state index in [-0.39, 0.29) is 5.91 Å². The number of aromatic nitrogens is 4. The number of hydrogen-bond acceptors (Lipinski definition) is 5. The van der Waals surface area contributed by atoms with Gasteiger partial charge in [-0.2, -0.15) is 0 Å². The van der Waals surface area contributed by atoms with Crippen LogP contribution in [0.25, 0.3) is 28.2 Å². The molecule has 3 aromatic heterocycles. The second kappa shape index (κ2) is 9.18. The summed E-state index contributed by atoms with van der Waals surface area (Å²) >= 11 is 0. The molecule has 0 spiro atoms. The first-order chi connectivity index (χ1) is 17.2. The maximum absolute atomic E-state index is 13.2. The molecule has 2 aromatic carbocycles. The molecular weight excluding hydrogens is 438 g/mol. The Morgan fingerprint density at radius 1 is 1.00 bits per heavy atom. The molecule has 1 amide bonds. The average molecular weight is 464 g/mol. The van der Waals surface area contributed by atoms with Crippen LogP contribution in [0.3, 0.4) is 0 Å². The third-order valence-corrected chi connectivity index (χ3v) is 6.67. The molecule has 35 heavy (non-hydrogen) atoms. The summed E-state index contributed by atoms with van der Waals surface area (Å²) < 4.78 is 7.91. The van der Waals surface area contributed by atoms with Gasteiger partial charge in [-0.15, -0.1) is 0 Å². The lowest BCUT2D eigenvalue weighted by atomic mass is 9.90. The first-order valence-corrected chi connectivity index (χ1v) is 11.9. The van der Waals surface area contributed by atoms with Crippen LogP contribution in [0.4, 0.5) is 0 Å². The monoisotopic (exact) mass is 463 g/mol. The van der Waals surface area contributed by atoms with Crippen molar-refractivity contribution in [1.82, 2.24) is 24.4 Å². The van der Waals surface area contributed by atoms with Crippen LogP contribution in [0, 0.1) is 5.92 Å². The van der Waals surface area contributed by atoms with Gasteiger partial charge in [0.15, 0.2) is 5.58 Å². The topological polar surface area (TPSA) is 77.0 Å². The maximum Gasteiger partial charge on any atom is 0.272 e. The van der Waals surface area contributed by atoms with Crippen molar-refractivity contribution in [2.24, 2.45) is 5.92 Å². The molecule has 1 fully saturated rings. The fourth-order valence-corrected chi connectivity index (χ4v) is 4.74. The van der Waals surface area contributed by atoms with Crippen molar-refractivity contribution in [2.75, 3.05) is 13.1 Å². The van der Waals surface area contributed by atoms with Crippen molar-refractivity contribution in [3.8, 4) is 17.1 Å². The standard InChI is InChI=1S/C28H25N5O2/c34-28(32-13-9-21(10-14-32)16-20-4-2-1-3-5-20)25-17-22(8-11-30-25)27-31-24-18-23(6-7-26(24)35-27)33-15-12-29-19-33/h1-8,11-12,15,17-19,21H,9-10,13-14,16H2. The summed E-state index contributed by atoms with van der Waals surface area (Å²) in [5, 5.41) is 0. The van der Waals surface area contributed by atoms with Crippen molar-refractivity contribution >= 4 is 17.0 Å². The Hall–Kier alpha value is -4.26. The third-order valence-electron chi connectivity index (χ3n) is 6.67. The number of carbonyl (C=O) groups excluding carboxylic acids is 1. The third kappa shape index (κ3) is 4.45. The number of rotatable bonds is 5. The highest BCUT2D eigenvalue weighted by Crippen LogP contribution is 2.27. The number of nitrogens with zero attached hydrogens (tertiary/aromatic N) is 5. The van der Waals surface area contributed by atoms with Gasteiger partial charge in [0.25, 0.3) is 5.91 Å². The number of carbonyl (C=O) groups is 1. The summed E-state index contributed by atoms with van der Waals surface area (Å²) in [5.74, 6) is 1.04. The van der Waals surface area contributed by atoms with E-state index >= 15 is 0 Å². The van der Waals surface area contributed by atoms with Gasteiger partial charge >= 0.3 is 0 Å². The lowest BCUT2D eigenvalue weighted by Gasteiger charge is -2.32. The fourth-order valence-electron chi connectivity index (χ4n) is 4.74. The van der Waals surface area contributed by atoms with Crippen LogP contribution in [-0.2, 0) is 6.42 Å². The summed E-state index contributed by atoms with van der Waals surface area (Å²) in [6.45, 7) is 1.50. The van der Waals surface area contributed by atoms with Crippen LogP contribution in [0.1, 0.15) is 28.9 Å². The van der Waals surface area contributed by atoms with E-state index in [1.54, 1.807) is 24.8 Å². The van der Waals surface area contributed by atoms with E-state index < -0.39 is 0 Å². The Kier molecular flexibility index (Phi) is 5.58. The van der Waals surface area contributed by atoms with Crippen LogP contribution in [0.15, 0.2) is 90.0 Å². The van der Waals surface area contributed by atoms with Crippen molar-refractivity contribution in [3.05, 3.63) is 96.8 Å². The minimum absolute atomic E-state index is 0.0384. The normalized spacial score (nSPS) is 14.5. The van der Waals surface area contributed by atoms with E-state index in [1.165, 1.54) is 5.56 Å². The second-order valence-electron chi connectivity index (χ2n) is 9.00. The molecule has 0 bridgehead atoms. The van der Waals surface area contributed by atoms with Crippen LogP contribution in [-0.4, -0.2) is 43.4 Å². The number of benzene rings is 2. The van der Waals surface area contributed by atoms with E-state index in [0.29, 0.717) is 23.1 Å². The van der Waals surface area contributed by atoms with Crippen LogP contribution in [0.5, 0.6) is 0 Å². The van der Waals surface area contributed by atoms with E-state index in [0.717, 1.165) is 49.1 Å². The van der Waals surface area contributed by atoms with Crippen molar-refractivity contribution in [3.63, 3.8) is 0 Å². The predicted molar refractivity (Wildman–Crippen MR) is 133 cm³/mol. The first-order valence-electron chi connectivity index (χ1n) is 11.9. The molecule has 0 N–H and O–H groups in total. The molecule has 6 rings (SSSR count). The van der Waals surface area contributed by atoms with Crippen LogP contribution in [0.2, 0.25) is 0 Å². The van der Waals surface area contributed by atoms with E-state index in [1.807, 2.05) is 46.0 Å². The molecule has 5 aromatic rings. The molecule has 1 saturated heterocycles. The van der Waals surface area contributed by atoms with Crippen LogP contribution >= 0.6 is 0 Å². The van der Waals surface area contributed by atoms with Crippen molar-refractivity contribution < 1.29 is 9.21 Å². The van der Waals surface area contributed by atoms with Gasteiger partial charge in [0.1, 0.15) is 11.2 Å². The van der Waals surface area contributed by atoms with E-state index in [4.69, 9.17) is 4.42 Å². The molecule has 0 unspecified atom stereocenters. The number of fused-ring (bicyclic) bond motifs is 1. The molecule has 1 aliphatic rings. The Morgan fingerprint density at radius 3 is 2.66 bits per heavy atom. The Balaban J connectivity index is 1.16. The van der Waals surface area contributed by atoms with Gasteiger partial charge in [0.05, 0.1) is 6.33 Å². The Bertz CT molecular complexity index is 1450. The van der Waals surface area contributed by atoms with Gasteiger partial charge < -0.3 is 13.9 Å². The van der Waals surface area contributed by atoms with Gasteiger partial charge in [0, 0.05) is 42.9 Å². The zero-order valence-electron chi connectivity index (χ0n) is 19.2. The number of imidazole rings is 1. The summed E-state index contributed by atoms with van der Waals surface area (Å²) in [6.07, 6.45) is 10.1. The Labute approximate surface area is 203 Å². The quantitative estimate of drug-likeness (QED) is 0.359. The largest absolute Gasteiger partial charge is 0.436 e. The summed E-state index contributed by atoms with van der Waals surface area (Å²) in [5.41, 5.74) is 4.91. The maximum atomic E-state index is 13.2. The van der Waals surface area contributed by atoms with Crippen LogP contribution < -0.4 is 0 Å². The number of oxazole rings is 1. The van der Waals surface area contributed by atoms with Gasteiger partial charge in [0.2, 0.25) is 5.89 Å². The molecule has 1 aliphatic heterocycles. The second-order valence-corrected chi connectivity index (χ2v) is 9.00. The molecule has 0 radical (unpaired) electrons. The first kappa shape index (κ1) is 21.3. The van der Waals surface area contributed by atoms with Gasteiger partial charge in [-0.25, -0.2) is 9.97 Å². The minimum atomic E-state index is -0.0384. The number of piperidine rings is 1. The van der Waals surface area contributed by atoms with Crippen molar-refractivity contribution in [1.29, 1.82) is 0 Å². The highest BCUT2D eigenvalue weighted by Gasteiger charge is 2.25. The molecule has 174 valence electrons. The fraction of sp³-hybridized carbons (Fsp3) is 0.214. The zero-order chi connectivity index (χ0) is 23.6. The smallest absolute Gasteiger partial charge is 0.272 e. The number of pyridine rings is 1. The number of hydrogen-bond donors (Lipinski definition) is 0. The lowest BCUT2D eigenvalue weighted by Crippen LogP contribution is -2.39. The molecule has 7 nitrogen and oxygen atoms in total. The highest BCUT2D eigenvalue weighted by molar-refractivity contribution is 5.93. The molecule has 7 heteroatoms. The average Bonchev–Trinajstić information content (AvgIpc) is 3.59. The van der Waals surface area contributed by atoms with Gasteiger partial charge in [-0.3, -0.25) is 9.78 Å². The lowest BCUT2D eigenvalue weighted by molar-refractivity contribution is 0.0684. The minimum Gasteiger partial charge on any atom is -0.436 e. The molecule has 0 aliphatic carbocycles. The number of amides is 1. The van der Waals surface area contributed by atoms with Crippen molar-refractivity contribution in [2.45, 2.75) is 19.3 Å². The molecule has 0 saturated carbocycles. The van der Waals surface area contributed by atoms with E-state index in [2.05, 4.69) is 39.2 Å². The van der Waals surface area contributed by atoms with E-state index in [9.17, 15) is 4.79 Å².